The van der Waals surface area contributed by atoms with Crippen molar-refractivity contribution in [3.05, 3.63) is 83.9 Å². The van der Waals surface area contributed by atoms with E-state index in [1.807, 2.05) is 26.0 Å². The molecule has 36 heavy (non-hydrogen) atoms. The largest absolute Gasteiger partial charge is 0.481 e. The third-order valence-corrected chi connectivity index (χ3v) is 9.84. The zero-order chi connectivity index (χ0) is 24.8. The third kappa shape index (κ3) is 4.07. The van der Waals surface area contributed by atoms with Crippen molar-refractivity contribution in [2.75, 3.05) is 6.61 Å². The summed E-state index contributed by atoms with van der Waals surface area (Å²) in [5, 5.41) is 0. The highest BCUT2D eigenvalue weighted by Gasteiger charge is 2.63. The quantitative estimate of drug-likeness (QED) is 0.326. The Morgan fingerprint density at radius 2 is 1.53 bits per heavy atom. The summed E-state index contributed by atoms with van der Waals surface area (Å²) in [7, 11) is -0.253. The van der Waals surface area contributed by atoms with Crippen LogP contribution in [0, 0.1) is 31.6 Å². The molecule has 5 atom stereocenters. The van der Waals surface area contributed by atoms with E-state index in [1.165, 1.54) is 14.7 Å². The van der Waals surface area contributed by atoms with Crippen molar-refractivity contribution in [3.63, 3.8) is 0 Å². The molecule has 2 bridgehead atoms. The van der Waals surface area contributed by atoms with Crippen molar-refractivity contribution in [1.82, 2.24) is 0 Å². The molecule has 5 unspecified atom stereocenters. The van der Waals surface area contributed by atoms with Gasteiger partial charge in [0, 0.05) is 24.0 Å². The fraction of sp³-hybridized carbons (Fsp3) is 0.333. The molecule has 0 radical (unpaired) electrons. The molecule has 3 fully saturated rings. The number of hydrogen-bond donors (Lipinski definition) is 0. The van der Waals surface area contributed by atoms with Crippen LogP contribution in [0.15, 0.2) is 87.5 Å². The summed E-state index contributed by atoms with van der Waals surface area (Å²) in [6, 6.07) is 25.3. The van der Waals surface area contributed by atoms with Gasteiger partial charge in [-0.25, -0.2) is 4.79 Å². The molecule has 2 aliphatic carbocycles. The molecule has 1 saturated heterocycles. The first-order valence-electron chi connectivity index (χ1n) is 12.5. The fourth-order valence-electron chi connectivity index (χ4n) is 6.16. The van der Waals surface area contributed by atoms with Gasteiger partial charge in [0.1, 0.15) is 18.0 Å². The van der Waals surface area contributed by atoms with E-state index in [4.69, 9.17) is 14.2 Å². The molecule has 6 rings (SSSR count). The normalized spacial score (nSPS) is 25.8. The summed E-state index contributed by atoms with van der Waals surface area (Å²) in [6.07, 6.45) is 1.06. The molecule has 0 aromatic heterocycles. The van der Waals surface area contributed by atoms with Crippen LogP contribution < -0.4 is 4.74 Å². The average molecular weight is 502 g/mol. The topological polar surface area (TPSA) is 61.8 Å². The molecule has 184 valence electrons. The molecule has 0 spiro atoms. The molecular formula is C30H29O5S+. The maximum atomic E-state index is 12.7. The van der Waals surface area contributed by atoms with Gasteiger partial charge in [-0.3, -0.25) is 4.79 Å². The maximum Gasteiger partial charge on any atom is 0.344 e. The van der Waals surface area contributed by atoms with Crippen LogP contribution >= 0.6 is 0 Å². The number of carbonyl (C=O) groups excluding carboxylic acids is 2. The van der Waals surface area contributed by atoms with Gasteiger partial charge in [0.25, 0.3) is 0 Å². The molecule has 3 aromatic rings. The zero-order valence-corrected chi connectivity index (χ0v) is 21.2. The first-order chi connectivity index (χ1) is 17.5. The lowest BCUT2D eigenvalue weighted by Gasteiger charge is -2.25. The molecule has 5 nitrogen and oxygen atoms in total. The van der Waals surface area contributed by atoms with Gasteiger partial charge in [-0.1, -0.05) is 36.4 Å². The maximum absolute atomic E-state index is 12.7. The lowest BCUT2D eigenvalue weighted by Crippen LogP contribution is -2.37. The summed E-state index contributed by atoms with van der Waals surface area (Å²) < 4.78 is 17.3. The number of rotatable bonds is 7. The van der Waals surface area contributed by atoms with Crippen LogP contribution in [-0.4, -0.2) is 30.8 Å². The highest BCUT2D eigenvalue weighted by molar-refractivity contribution is 7.97. The van der Waals surface area contributed by atoms with Crippen molar-refractivity contribution in [2.45, 2.75) is 53.6 Å². The minimum Gasteiger partial charge on any atom is -0.481 e. The van der Waals surface area contributed by atoms with Gasteiger partial charge >= 0.3 is 11.9 Å². The Bertz CT molecular complexity index is 1230. The number of ether oxygens (including phenoxy) is 3. The number of aryl methyl sites for hydroxylation is 2. The molecule has 3 aliphatic rings. The van der Waals surface area contributed by atoms with Gasteiger partial charge in [0.2, 0.25) is 0 Å². The Morgan fingerprint density at radius 1 is 0.917 bits per heavy atom. The van der Waals surface area contributed by atoms with Gasteiger partial charge in [0.05, 0.1) is 16.8 Å². The summed E-state index contributed by atoms with van der Waals surface area (Å²) in [5.74, 6) is 0.604. The van der Waals surface area contributed by atoms with Crippen molar-refractivity contribution >= 4 is 22.8 Å². The minimum atomic E-state index is -0.414. The number of hydrogen-bond acceptors (Lipinski definition) is 5. The number of fused-ring (bicyclic) bond motifs is 1. The van der Waals surface area contributed by atoms with E-state index < -0.39 is 5.97 Å². The summed E-state index contributed by atoms with van der Waals surface area (Å²) in [5.41, 5.74) is 1.96. The minimum absolute atomic E-state index is 0.00586. The van der Waals surface area contributed by atoms with Crippen molar-refractivity contribution < 1.29 is 23.8 Å². The first-order valence-corrected chi connectivity index (χ1v) is 13.7. The molecule has 1 heterocycles. The van der Waals surface area contributed by atoms with Gasteiger partial charge < -0.3 is 14.2 Å². The highest BCUT2D eigenvalue weighted by atomic mass is 32.2. The Kier molecular flexibility index (Phi) is 6.00. The van der Waals surface area contributed by atoms with Crippen molar-refractivity contribution in [1.29, 1.82) is 0 Å². The van der Waals surface area contributed by atoms with Gasteiger partial charge in [-0.2, -0.15) is 0 Å². The van der Waals surface area contributed by atoms with Crippen molar-refractivity contribution in [2.24, 2.45) is 17.8 Å². The van der Waals surface area contributed by atoms with Crippen LogP contribution in [-0.2, 0) is 30.0 Å². The monoisotopic (exact) mass is 501 g/mol. The van der Waals surface area contributed by atoms with Crippen LogP contribution in [0.5, 0.6) is 5.75 Å². The third-order valence-electron chi connectivity index (χ3n) is 7.64. The second-order valence-corrected chi connectivity index (χ2v) is 12.0. The van der Waals surface area contributed by atoms with Crippen LogP contribution in [0.2, 0.25) is 0 Å². The Morgan fingerprint density at radius 3 is 2.14 bits per heavy atom. The molecular weight excluding hydrogens is 472 g/mol. The summed E-state index contributed by atoms with van der Waals surface area (Å²) >= 11 is 0. The van der Waals surface area contributed by atoms with E-state index >= 15 is 0 Å². The van der Waals surface area contributed by atoms with Gasteiger partial charge in [-0.05, 0) is 62.1 Å². The predicted molar refractivity (Wildman–Crippen MR) is 136 cm³/mol. The Hall–Kier alpha value is -3.25. The second kappa shape index (κ2) is 9.32. The van der Waals surface area contributed by atoms with E-state index in [-0.39, 0.29) is 53.4 Å². The van der Waals surface area contributed by atoms with Crippen LogP contribution in [0.4, 0.5) is 0 Å². The average Bonchev–Trinajstić information content (AvgIpc) is 3.51. The molecule has 2 saturated carbocycles. The Balaban J connectivity index is 1.18. The fourth-order valence-corrected chi connectivity index (χ4v) is 8.42. The van der Waals surface area contributed by atoms with E-state index in [0.29, 0.717) is 5.75 Å². The molecule has 0 N–H and O–H groups in total. The predicted octanol–water partition coefficient (Wildman–Crippen LogP) is 5.27. The molecule has 1 aliphatic heterocycles. The zero-order valence-electron chi connectivity index (χ0n) is 20.4. The van der Waals surface area contributed by atoms with Crippen molar-refractivity contribution in [3.8, 4) is 5.75 Å². The lowest BCUT2D eigenvalue weighted by molar-refractivity contribution is -0.163. The number of carbonyl (C=O) groups is 2. The van der Waals surface area contributed by atoms with Crippen LogP contribution in [0.1, 0.15) is 24.0 Å². The SMILES string of the molecule is Cc1cc([S+](c2ccccc2)c2ccccc2)cc(C)c1OCC(=O)OC1C2CC3C(=O)OC1C3C2. The molecule has 3 aromatic carbocycles. The van der Waals surface area contributed by atoms with Crippen LogP contribution in [0.3, 0.4) is 0 Å². The van der Waals surface area contributed by atoms with E-state index in [1.54, 1.807) is 0 Å². The Labute approximate surface area is 214 Å². The van der Waals surface area contributed by atoms with Crippen LogP contribution in [0.25, 0.3) is 0 Å². The van der Waals surface area contributed by atoms with E-state index in [2.05, 4.69) is 60.7 Å². The standard InChI is InChI=1S/C30H29O5S/c1-18-13-23(36(21-9-5-3-6-10-21)22-11-7-4-8-12-22)14-19(2)27(18)33-17-26(31)34-28-20-15-24-25(16-20)30(32)35-29(24)28/h3-14,20,24-25,28-29H,15-17H2,1-2H3/q+1. The van der Waals surface area contributed by atoms with E-state index in [9.17, 15) is 9.59 Å². The lowest BCUT2D eigenvalue weighted by atomic mass is 9.88. The first kappa shape index (κ1) is 23.2. The number of esters is 2. The van der Waals surface area contributed by atoms with E-state index in [0.717, 1.165) is 24.0 Å². The summed E-state index contributed by atoms with van der Waals surface area (Å²) in [6.45, 7) is 3.87. The smallest absolute Gasteiger partial charge is 0.344 e. The highest BCUT2D eigenvalue weighted by Crippen LogP contribution is 2.55. The second-order valence-electron chi connectivity index (χ2n) is 9.96. The summed E-state index contributed by atoms with van der Waals surface area (Å²) in [4.78, 5) is 28.4. The molecule has 0 amide bonds. The van der Waals surface area contributed by atoms with Gasteiger partial charge in [0.15, 0.2) is 21.3 Å². The van der Waals surface area contributed by atoms with Gasteiger partial charge in [-0.15, -0.1) is 0 Å². The number of benzene rings is 3. The molecule has 6 heteroatoms.